The predicted molar refractivity (Wildman–Crippen MR) is 181 cm³/mol. The molecule has 0 amide bonds. The van der Waals surface area contributed by atoms with Crippen molar-refractivity contribution in [3.8, 4) is 40.0 Å². The molecular weight excluding hydrogens is 670 g/mol. The highest BCUT2D eigenvalue weighted by molar-refractivity contribution is 6.32. The van der Waals surface area contributed by atoms with Crippen LogP contribution in [0.5, 0.6) is 17.2 Å². The van der Waals surface area contributed by atoms with E-state index in [4.69, 9.17) is 40.3 Å². The van der Waals surface area contributed by atoms with Gasteiger partial charge in [0.15, 0.2) is 23.9 Å². The maximum absolute atomic E-state index is 12.6. The van der Waals surface area contributed by atoms with E-state index in [1.165, 1.54) is 19.2 Å². The second-order valence-corrected chi connectivity index (χ2v) is 11.8. The minimum Gasteiger partial charge on any atom is -0.494 e. The number of carbonyl (C=O) groups excluding carboxylic acids is 2. The van der Waals surface area contributed by atoms with E-state index in [0.29, 0.717) is 62.9 Å². The maximum Gasteiger partial charge on any atom is 0.336 e. The third-order valence-electron chi connectivity index (χ3n) is 8.69. The van der Waals surface area contributed by atoms with Crippen molar-refractivity contribution in [2.75, 3.05) is 20.3 Å². The number of aromatic nitrogens is 5. The van der Waals surface area contributed by atoms with Crippen molar-refractivity contribution in [3.05, 3.63) is 86.7 Å². The first-order valence-corrected chi connectivity index (χ1v) is 15.6. The molecule has 50 heavy (non-hydrogen) atoms. The van der Waals surface area contributed by atoms with E-state index in [1.807, 2.05) is 4.57 Å². The van der Waals surface area contributed by atoms with Crippen LogP contribution >= 0.6 is 11.6 Å². The molecule has 0 spiro atoms. The molecule has 7 aromatic rings. The molecule has 0 fully saturated rings. The van der Waals surface area contributed by atoms with Gasteiger partial charge < -0.3 is 33.0 Å². The number of fused-ring (bicyclic) bond motifs is 10. The number of methoxy groups -OCH3 is 1. The van der Waals surface area contributed by atoms with Crippen LogP contribution in [0.25, 0.3) is 55.8 Å². The summed E-state index contributed by atoms with van der Waals surface area (Å²) in [6.07, 6.45) is 1.39. The van der Waals surface area contributed by atoms with E-state index in [-0.39, 0.29) is 70.7 Å². The van der Waals surface area contributed by atoms with Crippen molar-refractivity contribution in [1.82, 2.24) is 24.3 Å². The van der Waals surface area contributed by atoms with Gasteiger partial charge in [-0.1, -0.05) is 11.6 Å². The van der Waals surface area contributed by atoms with E-state index in [0.717, 1.165) is 0 Å². The molecule has 2 N–H and O–H groups in total. The van der Waals surface area contributed by atoms with Crippen LogP contribution in [0.4, 0.5) is 0 Å². The number of carboxylic acids is 1. The van der Waals surface area contributed by atoms with Crippen molar-refractivity contribution in [2.24, 2.45) is 0 Å². The number of hydrogen-bond donors (Lipinski definition) is 2. The summed E-state index contributed by atoms with van der Waals surface area (Å²) in [7, 11) is 1.45. The van der Waals surface area contributed by atoms with Gasteiger partial charge in [-0.2, -0.15) is 5.16 Å². The van der Waals surface area contributed by atoms with Gasteiger partial charge >= 0.3 is 5.97 Å². The summed E-state index contributed by atoms with van der Waals surface area (Å²) in [6, 6.07) is 14.5. The Morgan fingerprint density at radius 2 is 1.60 bits per heavy atom. The average Bonchev–Trinajstić information content (AvgIpc) is 3.81. The number of aldehydes is 2. The molecule has 15 heteroatoms. The van der Waals surface area contributed by atoms with Gasteiger partial charge in [0.1, 0.15) is 47.4 Å². The molecule has 9 rings (SSSR count). The summed E-state index contributed by atoms with van der Waals surface area (Å²) in [6.45, 7) is 0.484. The van der Waals surface area contributed by atoms with E-state index in [2.05, 4.69) is 5.16 Å². The zero-order valence-corrected chi connectivity index (χ0v) is 26.8. The fourth-order valence-corrected chi connectivity index (χ4v) is 6.64. The number of halogens is 1. The Balaban J connectivity index is 1.43. The number of carbonyl (C=O) groups is 3. The molecule has 4 aromatic carbocycles. The Morgan fingerprint density at radius 3 is 2.34 bits per heavy atom. The zero-order chi connectivity index (χ0) is 34.7. The largest absolute Gasteiger partial charge is 0.494 e. The number of rotatable bonds is 4. The van der Waals surface area contributed by atoms with Crippen molar-refractivity contribution in [3.63, 3.8) is 0 Å². The van der Waals surface area contributed by atoms with Gasteiger partial charge in [0.25, 0.3) is 5.56 Å². The summed E-state index contributed by atoms with van der Waals surface area (Å²) >= 11 is 6.51. The quantitative estimate of drug-likeness (QED) is 0.219. The Hall–Kier alpha value is -6.41. The molecular formula is C35H24ClN5O9. The normalized spacial score (nSPS) is 13.0. The number of aromatic amines is 1. The van der Waals surface area contributed by atoms with Crippen LogP contribution in [-0.4, -0.2) is 68.2 Å². The lowest BCUT2D eigenvalue weighted by Crippen LogP contribution is -2.12. The number of hydrogen-bond acceptors (Lipinski definition) is 10. The van der Waals surface area contributed by atoms with Gasteiger partial charge in [-0.05, 0) is 54.6 Å². The van der Waals surface area contributed by atoms with Gasteiger partial charge in [-0.3, -0.25) is 14.4 Å². The van der Waals surface area contributed by atoms with Crippen molar-refractivity contribution >= 4 is 63.2 Å². The van der Waals surface area contributed by atoms with Crippen LogP contribution in [0.15, 0.2) is 63.9 Å². The van der Waals surface area contributed by atoms with Gasteiger partial charge in [-0.25, -0.2) is 14.8 Å². The first-order valence-electron chi connectivity index (χ1n) is 15.3. The number of H-pyrrole nitrogens is 1. The van der Waals surface area contributed by atoms with Gasteiger partial charge in [0, 0.05) is 29.8 Å². The standard InChI is InChI=1S/C35H24ClN5O9/c1-47-30-17(15-42)2-6-25-28(30)37-32-20-4-3-19(12-18(20)16-43)48-10-11-49-27-14-22(23(35(45)46)13-24(27)36)33-38-29-26(41(33)9-8-40(25)32)7-5-21-31(29)50-39-34(21)44/h2-7,12-16H,8-11H2,1H3,(H,39,44)(H,45,46). The van der Waals surface area contributed by atoms with Crippen LogP contribution in [0.3, 0.4) is 0 Å². The minimum absolute atomic E-state index is 0.0317. The number of benzene rings is 4. The molecule has 14 nitrogen and oxygen atoms in total. The summed E-state index contributed by atoms with van der Waals surface area (Å²) < 4.78 is 26.7. The first-order chi connectivity index (χ1) is 24.3. The van der Waals surface area contributed by atoms with Crippen molar-refractivity contribution in [1.29, 1.82) is 0 Å². The third-order valence-corrected chi connectivity index (χ3v) is 8.99. The van der Waals surface area contributed by atoms with Crippen LogP contribution in [-0.2, 0) is 13.1 Å². The van der Waals surface area contributed by atoms with Crippen LogP contribution in [0.1, 0.15) is 31.1 Å². The molecule has 0 saturated heterocycles. The highest BCUT2D eigenvalue weighted by Gasteiger charge is 2.26. The number of nitrogens with one attached hydrogen (secondary N) is 1. The number of aromatic carboxylic acids is 1. The molecule has 0 radical (unpaired) electrons. The minimum atomic E-state index is -1.25. The summed E-state index contributed by atoms with van der Waals surface area (Å²) in [5.74, 6) is 0.276. The number of aryl methyl sites for hydroxylation is 2. The lowest BCUT2D eigenvalue weighted by Gasteiger charge is -2.16. The van der Waals surface area contributed by atoms with Crippen molar-refractivity contribution in [2.45, 2.75) is 13.1 Å². The number of carboxylic acid groups (broad SMARTS) is 1. The SMILES string of the molecule is COc1c(C=O)ccc2c1nc1n2CCn2c(nc3c4o[nH]c(=O)c4ccc32)-c2cc(c(Cl)cc2C(=O)O)OCCOc2ccc-1c(C=O)c2. The van der Waals surface area contributed by atoms with E-state index in [9.17, 15) is 24.3 Å². The van der Waals surface area contributed by atoms with Gasteiger partial charge in [0.2, 0.25) is 0 Å². The molecule has 0 unspecified atom stereocenters. The molecule has 0 aliphatic carbocycles. The van der Waals surface area contributed by atoms with E-state index < -0.39 is 11.5 Å². The number of ether oxygens (including phenoxy) is 3. The fraction of sp³-hybridized carbons (Fsp3) is 0.143. The van der Waals surface area contributed by atoms with Gasteiger partial charge in [-0.15, -0.1) is 0 Å². The summed E-state index contributed by atoms with van der Waals surface area (Å²) in [4.78, 5) is 59.2. The number of imidazole rings is 2. The maximum atomic E-state index is 12.6. The molecule has 5 heterocycles. The Labute approximate surface area is 285 Å². The lowest BCUT2D eigenvalue weighted by atomic mass is 10.1. The third kappa shape index (κ3) is 4.79. The number of nitrogens with zero attached hydrogens (tertiary/aromatic N) is 4. The Morgan fingerprint density at radius 1 is 0.900 bits per heavy atom. The first kappa shape index (κ1) is 30.9. The van der Waals surface area contributed by atoms with E-state index >= 15 is 0 Å². The molecule has 4 bridgehead atoms. The van der Waals surface area contributed by atoms with Gasteiger partial charge in [0.05, 0.1) is 39.7 Å². The highest BCUT2D eigenvalue weighted by Crippen LogP contribution is 2.38. The molecule has 0 atom stereocenters. The monoisotopic (exact) mass is 693 g/mol. The second kappa shape index (κ2) is 11.9. The van der Waals surface area contributed by atoms with Crippen LogP contribution < -0.4 is 19.8 Å². The second-order valence-electron chi connectivity index (χ2n) is 11.4. The zero-order valence-electron chi connectivity index (χ0n) is 26.1. The highest BCUT2D eigenvalue weighted by atomic mass is 35.5. The van der Waals surface area contributed by atoms with E-state index in [1.54, 1.807) is 47.0 Å². The Bertz CT molecular complexity index is 2620. The summed E-state index contributed by atoms with van der Waals surface area (Å²) in [5, 5.41) is 13.0. The Kier molecular flexibility index (Phi) is 7.37. The molecule has 250 valence electrons. The molecule has 0 saturated carbocycles. The average molecular weight is 694 g/mol. The van der Waals surface area contributed by atoms with Crippen LogP contribution in [0, 0.1) is 0 Å². The molecule has 3 aromatic heterocycles. The molecule has 2 aliphatic rings. The fourth-order valence-electron chi connectivity index (χ4n) is 6.42. The smallest absolute Gasteiger partial charge is 0.336 e. The lowest BCUT2D eigenvalue weighted by molar-refractivity contribution is 0.0697. The van der Waals surface area contributed by atoms with Crippen LogP contribution in [0.2, 0.25) is 5.02 Å². The van der Waals surface area contributed by atoms with Crippen molar-refractivity contribution < 1.29 is 38.2 Å². The topological polar surface area (TPSA) is 181 Å². The predicted octanol–water partition coefficient (Wildman–Crippen LogP) is 5.61. The molecule has 2 aliphatic heterocycles. The summed E-state index contributed by atoms with van der Waals surface area (Å²) in [5.41, 5.74) is 2.80.